The minimum absolute atomic E-state index is 0.00172. The molecule has 0 fully saturated rings. The molecule has 1 atom stereocenters. The quantitative estimate of drug-likeness (QED) is 0.0320. The molecule has 2 aromatic rings. The number of benzene rings is 2. The van der Waals surface area contributed by atoms with Crippen molar-refractivity contribution in [1.82, 2.24) is 0 Å². The maximum absolute atomic E-state index is 11.7. The zero-order valence-corrected chi connectivity index (χ0v) is 61.2. The lowest BCUT2D eigenvalue weighted by Crippen LogP contribution is -2.13. The Morgan fingerprint density at radius 1 is 0.333 bits per heavy atom. The van der Waals surface area contributed by atoms with Crippen molar-refractivity contribution in [1.29, 1.82) is 0 Å². The number of hydrogen-bond acceptors (Lipinski definition) is 13. The summed E-state index contributed by atoms with van der Waals surface area (Å²) in [5, 5.41) is 25.2. The van der Waals surface area contributed by atoms with Gasteiger partial charge in [-0.05, 0) is 77.0 Å². The second-order valence-corrected chi connectivity index (χ2v) is 24.4. The summed E-state index contributed by atoms with van der Waals surface area (Å²) in [6, 6.07) is 15.7. The third kappa shape index (κ3) is 79.4. The molecule has 0 radical (unpaired) electrons. The normalized spacial score (nSPS) is 10.6. The molecule has 3 N–H and O–H groups in total. The van der Waals surface area contributed by atoms with Gasteiger partial charge in [0.2, 0.25) is 0 Å². The molecule has 0 saturated carbocycles. The molecule has 2 aromatic carbocycles. The number of aromatic hydroxyl groups is 1. The van der Waals surface area contributed by atoms with Crippen LogP contribution < -0.4 is 0 Å². The fourth-order valence-electron chi connectivity index (χ4n) is 9.42. The van der Waals surface area contributed by atoms with Gasteiger partial charge in [-0.2, -0.15) is 0 Å². The molecule has 2 rings (SSSR count). The number of carbonyl (C=O) groups excluding carboxylic acids is 5. The first-order valence-electron chi connectivity index (χ1n) is 37.7. The smallest absolute Gasteiger partial charge is 0.342 e. The zero-order valence-electron chi connectivity index (χ0n) is 61.2. The number of aliphatic hydroxyl groups excluding tert-OH is 1. The van der Waals surface area contributed by atoms with Gasteiger partial charge in [0, 0.05) is 25.7 Å². The number of para-hydroxylation sites is 1. The Labute approximate surface area is 569 Å². The number of carbonyl (C=O) groups is 6. The van der Waals surface area contributed by atoms with E-state index in [1.807, 2.05) is 44.2 Å². The third-order valence-electron chi connectivity index (χ3n) is 15.3. The van der Waals surface area contributed by atoms with E-state index in [4.69, 9.17) is 33.9 Å². The van der Waals surface area contributed by atoms with E-state index in [2.05, 4.69) is 41.5 Å². The van der Waals surface area contributed by atoms with Crippen molar-refractivity contribution in [3.05, 3.63) is 65.7 Å². The predicted molar refractivity (Wildman–Crippen MR) is 385 cm³/mol. The number of esters is 5. The molecule has 0 saturated heterocycles. The summed E-state index contributed by atoms with van der Waals surface area (Å²) in [6.07, 6.45) is 54.6. The van der Waals surface area contributed by atoms with Crippen LogP contribution in [0.4, 0.5) is 0 Å². The molecule has 0 amide bonds. The fraction of sp³-hybridized carbons (Fsp3) is 0.772. The lowest BCUT2D eigenvalue weighted by molar-refractivity contribution is -0.146. The van der Waals surface area contributed by atoms with Crippen LogP contribution in [0.15, 0.2) is 54.6 Å². The van der Waals surface area contributed by atoms with Crippen LogP contribution in [0.5, 0.6) is 5.75 Å². The second kappa shape index (κ2) is 79.5. The SMILES string of the molecule is CC(O)C(=O)O.CCCCCCCC(=O)OCC.CCCCCCCCCC(=O)OCC.CCCCCCCCCCCC(=O)OCCCCCC.CCCCCCCCCCCCCCCCCC(=O)OCCCC.O=C(OCc1ccccc1)c1ccccc1O. The molecule has 0 aliphatic heterocycles. The van der Waals surface area contributed by atoms with E-state index >= 15 is 0 Å². The molecule has 0 heterocycles. The zero-order chi connectivity index (χ0) is 69.7. The fourth-order valence-corrected chi connectivity index (χ4v) is 9.42. The molecule has 14 nitrogen and oxygen atoms in total. The number of carboxylic acid groups (broad SMARTS) is 1. The number of ether oxygens (including phenoxy) is 5. The average molecular weight is 1320 g/mol. The highest BCUT2D eigenvalue weighted by molar-refractivity contribution is 5.92. The van der Waals surface area contributed by atoms with Gasteiger partial charge in [-0.3, -0.25) is 19.2 Å². The van der Waals surface area contributed by atoms with Crippen LogP contribution in [0.1, 0.15) is 374 Å². The van der Waals surface area contributed by atoms with Crippen LogP contribution in [0.2, 0.25) is 0 Å². The molecular formula is C79H142O14. The predicted octanol–water partition coefficient (Wildman–Crippen LogP) is 22.4. The highest BCUT2D eigenvalue weighted by Gasteiger charge is 2.12. The molecule has 0 aliphatic carbocycles. The number of aliphatic hydroxyl groups is 1. The van der Waals surface area contributed by atoms with E-state index in [-0.39, 0.29) is 41.8 Å². The molecular weight excluding hydrogens is 1170 g/mol. The monoisotopic (exact) mass is 1320 g/mol. The molecule has 1 unspecified atom stereocenters. The topological polar surface area (TPSA) is 209 Å². The summed E-state index contributed by atoms with van der Waals surface area (Å²) >= 11 is 0. The highest BCUT2D eigenvalue weighted by Crippen LogP contribution is 2.19. The molecule has 0 bridgehead atoms. The van der Waals surface area contributed by atoms with Crippen molar-refractivity contribution in [3.63, 3.8) is 0 Å². The van der Waals surface area contributed by atoms with Crippen molar-refractivity contribution < 1.29 is 67.8 Å². The summed E-state index contributed by atoms with van der Waals surface area (Å²) in [4.78, 5) is 65.8. The van der Waals surface area contributed by atoms with Crippen LogP contribution in [0.3, 0.4) is 0 Å². The van der Waals surface area contributed by atoms with Gasteiger partial charge in [0.25, 0.3) is 0 Å². The van der Waals surface area contributed by atoms with Crippen molar-refractivity contribution in [2.24, 2.45) is 0 Å². The molecule has 0 aromatic heterocycles. The first-order chi connectivity index (χ1) is 45.1. The lowest BCUT2D eigenvalue weighted by Gasteiger charge is -2.05. The van der Waals surface area contributed by atoms with Gasteiger partial charge < -0.3 is 39.0 Å². The van der Waals surface area contributed by atoms with Crippen molar-refractivity contribution in [2.45, 2.75) is 370 Å². The van der Waals surface area contributed by atoms with E-state index < -0.39 is 18.0 Å². The maximum atomic E-state index is 11.7. The summed E-state index contributed by atoms with van der Waals surface area (Å²) in [7, 11) is 0. The molecule has 93 heavy (non-hydrogen) atoms. The molecule has 0 spiro atoms. The van der Waals surface area contributed by atoms with Gasteiger partial charge in [-0.15, -0.1) is 0 Å². The van der Waals surface area contributed by atoms with E-state index in [0.717, 1.165) is 56.9 Å². The Morgan fingerprint density at radius 2 is 0.591 bits per heavy atom. The number of aliphatic carboxylic acids is 1. The Morgan fingerprint density at radius 3 is 0.882 bits per heavy atom. The van der Waals surface area contributed by atoms with Crippen LogP contribution in [-0.2, 0) is 54.3 Å². The highest BCUT2D eigenvalue weighted by atomic mass is 16.5. The molecule has 0 aliphatic rings. The van der Waals surface area contributed by atoms with Crippen LogP contribution in [-0.4, -0.2) is 83.7 Å². The van der Waals surface area contributed by atoms with Gasteiger partial charge in [-0.25, -0.2) is 9.59 Å². The first-order valence-corrected chi connectivity index (χ1v) is 37.7. The molecule has 14 heteroatoms. The lowest BCUT2D eigenvalue weighted by atomic mass is 10.0. The number of carboxylic acids is 1. The maximum Gasteiger partial charge on any atom is 0.342 e. The van der Waals surface area contributed by atoms with Crippen molar-refractivity contribution >= 4 is 35.8 Å². The summed E-state index contributed by atoms with van der Waals surface area (Å²) in [5.41, 5.74) is 1.10. The minimum Gasteiger partial charge on any atom is -0.507 e. The number of phenols is 1. The number of rotatable bonds is 54. The number of hydrogen-bond donors (Lipinski definition) is 3. The van der Waals surface area contributed by atoms with Gasteiger partial charge >= 0.3 is 35.8 Å². The minimum atomic E-state index is -1.23. The van der Waals surface area contributed by atoms with E-state index in [9.17, 15) is 33.9 Å². The Kier molecular flexibility index (Phi) is 80.7. The Balaban J connectivity index is -0.000000529. The van der Waals surface area contributed by atoms with E-state index in [1.165, 1.54) is 237 Å². The van der Waals surface area contributed by atoms with Crippen LogP contribution in [0, 0.1) is 0 Å². The van der Waals surface area contributed by atoms with Gasteiger partial charge in [0.1, 0.15) is 24.0 Å². The summed E-state index contributed by atoms with van der Waals surface area (Å²) in [5.74, 6) is -1.86. The number of unbranched alkanes of at least 4 members (excludes halogenated alkanes) is 36. The van der Waals surface area contributed by atoms with Crippen molar-refractivity contribution in [3.8, 4) is 5.75 Å². The van der Waals surface area contributed by atoms with E-state index in [0.29, 0.717) is 52.1 Å². The van der Waals surface area contributed by atoms with Gasteiger partial charge in [-0.1, -0.05) is 315 Å². The summed E-state index contributed by atoms with van der Waals surface area (Å²) in [6.45, 7) is 20.6. The number of phenolic OH excluding ortho intramolecular Hbond substituents is 1. The van der Waals surface area contributed by atoms with E-state index in [1.54, 1.807) is 12.1 Å². The third-order valence-corrected chi connectivity index (χ3v) is 15.3. The van der Waals surface area contributed by atoms with Crippen molar-refractivity contribution in [2.75, 3.05) is 26.4 Å². The van der Waals surface area contributed by atoms with Gasteiger partial charge in [0.05, 0.1) is 26.4 Å². The van der Waals surface area contributed by atoms with Gasteiger partial charge in [0.15, 0.2) is 0 Å². The Bertz CT molecular complexity index is 1910. The van der Waals surface area contributed by atoms with Crippen LogP contribution in [0.25, 0.3) is 0 Å². The first kappa shape index (κ1) is 94.4. The standard InChI is InChI=1S/C22H44O2.C18H36O2.C14H12O3.C12H24O2.C10H20O2.C3H6O3/c1-3-5-7-8-9-10-11-12-13-14-15-16-17-18-19-20-22(23)24-21-6-4-2;1-3-5-7-9-10-11-12-13-14-16-18(19)20-17-15-8-6-4-2;15-13-9-5-4-8-12(13)14(16)17-10-11-6-2-1-3-7-11;1-3-5-6-7-8-9-10-11-12(13)14-4-2;1-3-5-6-7-8-9-10(11)12-4-2;1-2(4)3(5)6/h3-21H2,1-2H3;3-17H2,1-2H3;1-9,15H,10H2;3-11H2,1-2H3;3-9H2,1-2H3;2,4H,1H3,(H,5,6). The van der Waals surface area contributed by atoms with Crippen LogP contribution >= 0.6 is 0 Å². The Hall–Kier alpha value is -4.98. The summed E-state index contributed by atoms with van der Waals surface area (Å²) < 4.78 is 25.1. The largest absolute Gasteiger partial charge is 0.507 e. The molecule has 542 valence electrons. The second-order valence-electron chi connectivity index (χ2n) is 24.4. The average Bonchev–Trinajstić information content (AvgIpc) is 1.42.